The standard InChI is InChI=1S/C14H13F3N2O/c1-9(2)13(11(7-18)8-19)10-3-5-12(6-4-10)20-14(15,16)17/h3-6,9,11,13H,1-2H3. The first-order chi connectivity index (χ1) is 9.28. The van der Waals surface area contributed by atoms with Crippen LogP contribution in [0, 0.1) is 34.5 Å². The Labute approximate surface area is 115 Å². The fraction of sp³-hybridized carbons (Fsp3) is 0.429. The summed E-state index contributed by atoms with van der Waals surface area (Å²) in [5, 5.41) is 17.9. The van der Waals surface area contributed by atoms with Gasteiger partial charge in [0, 0.05) is 5.92 Å². The fourth-order valence-corrected chi connectivity index (χ4v) is 2.04. The Morgan fingerprint density at radius 1 is 1.05 bits per heavy atom. The molecule has 0 aliphatic carbocycles. The molecule has 1 atom stereocenters. The van der Waals surface area contributed by atoms with E-state index in [1.165, 1.54) is 24.3 Å². The molecule has 0 N–H and O–H groups in total. The Bertz CT molecular complexity index is 509. The second kappa shape index (κ2) is 6.29. The van der Waals surface area contributed by atoms with E-state index in [0.717, 1.165) is 0 Å². The first-order valence-electron chi connectivity index (χ1n) is 5.93. The molecule has 0 aliphatic heterocycles. The Balaban J connectivity index is 3.01. The molecule has 1 aromatic carbocycles. The van der Waals surface area contributed by atoms with Gasteiger partial charge in [-0.25, -0.2) is 0 Å². The van der Waals surface area contributed by atoms with E-state index in [9.17, 15) is 13.2 Å². The lowest BCUT2D eigenvalue weighted by Gasteiger charge is -2.22. The van der Waals surface area contributed by atoms with Crippen molar-refractivity contribution in [3.05, 3.63) is 29.8 Å². The number of ether oxygens (including phenoxy) is 1. The number of nitriles is 2. The highest BCUT2D eigenvalue weighted by Crippen LogP contribution is 2.33. The number of halogens is 3. The van der Waals surface area contributed by atoms with Crippen LogP contribution in [0.25, 0.3) is 0 Å². The van der Waals surface area contributed by atoms with E-state index in [1.54, 1.807) is 0 Å². The van der Waals surface area contributed by atoms with E-state index >= 15 is 0 Å². The molecule has 106 valence electrons. The summed E-state index contributed by atoms with van der Waals surface area (Å²) < 4.78 is 40.0. The van der Waals surface area contributed by atoms with Crippen LogP contribution in [0.3, 0.4) is 0 Å². The largest absolute Gasteiger partial charge is 0.573 e. The van der Waals surface area contributed by atoms with Gasteiger partial charge in [-0.05, 0) is 23.6 Å². The van der Waals surface area contributed by atoms with Crippen LogP contribution in [0.2, 0.25) is 0 Å². The lowest BCUT2D eigenvalue weighted by molar-refractivity contribution is -0.274. The van der Waals surface area contributed by atoms with Crippen molar-refractivity contribution in [2.24, 2.45) is 11.8 Å². The third kappa shape index (κ3) is 4.17. The van der Waals surface area contributed by atoms with E-state index in [2.05, 4.69) is 4.74 Å². The molecule has 1 rings (SSSR count). The number of hydrogen-bond donors (Lipinski definition) is 0. The summed E-state index contributed by atoms with van der Waals surface area (Å²) in [5.41, 5.74) is 0.641. The summed E-state index contributed by atoms with van der Waals surface area (Å²) in [6.45, 7) is 3.71. The van der Waals surface area contributed by atoms with Crippen LogP contribution in [0.5, 0.6) is 5.75 Å². The molecule has 1 aromatic rings. The maximum Gasteiger partial charge on any atom is 0.573 e. The van der Waals surface area contributed by atoms with Crippen LogP contribution < -0.4 is 4.74 Å². The number of nitrogens with zero attached hydrogens (tertiary/aromatic N) is 2. The molecular weight excluding hydrogens is 269 g/mol. The highest BCUT2D eigenvalue weighted by Gasteiger charge is 2.31. The molecule has 0 fully saturated rings. The van der Waals surface area contributed by atoms with Crippen molar-refractivity contribution in [2.45, 2.75) is 26.1 Å². The number of rotatable bonds is 4. The van der Waals surface area contributed by atoms with Crippen molar-refractivity contribution >= 4 is 0 Å². The molecule has 1 unspecified atom stereocenters. The molecule has 0 bridgehead atoms. The SMILES string of the molecule is CC(C)C(c1ccc(OC(F)(F)F)cc1)C(C#N)C#N. The Morgan fingerprint density at radius 3 is 1.90 bits per heavy atom. The number of benzene rings is 1. The maximum atomic E-state index is 12.1. The molecule has 0 aromatic heterocycles. The van der Waals surface area contributed by atoms with Crippen molar-refractivity contribution in [1.82, 2.24) is 0 Å². The lowest BCUT2D eigenvalue weighted by atomic mass is 9.79. The zero-order valence-electron chi connectivity index (χ0n) is 11.0. The molecule has 0 aliphatic rings. The molecular formula is C14H13F3N2O. The van der Waals surface area contributed by atoms with Gasteiger partial charge in [0.25, 0.3) is 0 Å². The van der Waals surface area contributed by atoms with E-state index in [0.29, 0.717) is 5.56 Å². The van der Waals surface area contributed by atoms with Gasteiger partial charge in [0.15, 0.2) is 0 Å². The number of alkyl halides is 3. The second-order valence-electron chi connectivity index (χ2n) is 4.62. The lowest BCUT2D eigenvalue weighted by Crippen LogP contribution is -2.18. The van der Waals surface area contributed by atoms with Crippen molar-refractivity contribution in [3.63, 3.8) is 0 Å². The minimum atomic E-state index is -4.74. The smallest absolute Gasteiger partial charge is 0.406 e. The molecule has 3 nitrogen and oxygen atoms in total. The van der Waals surface area contributed by atoms with Crippen LogP contribution in [0.4, 0.5) is 13.2 Å². The topological polar surface area (TPSA) is 56.8 Å². The molecule has 0 saturated heterocycles. The molecule has 20 heavy (non-hydrogen) atoms. The van der Waals surface area contributed by atoms with E-state index < -0.39 is 12.3 Å². The summed E-state index contributed by atoms with van der Waals surface area (Å²) >= 11 is 0. The third-order valence-corrected chi connectivity index (χ3v) is 2.85. The van der Waals surface area contributed by atoms with Crippen LogP contribution in [0.15, 0.2) is 24.3 Å². The summed E-state index contributed by atoms with van der Waals surface area (Å²) in [4.78, 5) is 0. The summed E-state index contributed by atoms with van der Waals surface area (Å²) in [6.07, 6.45) is -4.74. The monoisotopic (exact) mass is 282 g/mol. The van der Waals surface area contributed by atoms with E-state index in [1.807, 2.05) is 26.0 Å². The minimum Gasteiger partial charge on any atom is -0.406 e. The van der Waals surface area contributed by atoms with E-state index in [-0.39, 0.29) is 17.6 Å². The summed E-state index contributed by atoms with van der Waals surface area (Å²) in [5.74, 6) is -1.52. The quantitative estimate of drug-likeness (QED) is 0.839. The average molecular weight is 282 g/mol. The minimum absolute atomic E-state index is 0.00804. The third-order valence-electron chi connectivity index (χ3n) is 2.85. The van der Waals surface area contributed by atoms with Gasteiger partial charge in [-0.1, -0.05) is 26.0 Å². The Kier molecular flexibility index (Phi) is 4.99. The average Bonchev–Trinajstić information content (AvgIpc) is 2.35. The van der Waals surface area contributed by atoms with Crippen LogP contribution in [-0.2, 0) is 0 Å². The first-order valence-corrected chi connectivity index (χ1v) is 5.93. The van der Waals surface area contributed by atoms with Gasteiger partial charge in [-0.15, -0.1) is 13.2 Å². The van der Waals surface area contributed by atoms with Gasteiger partial charge in [-0.2, -0.15) is 10.5 Å². The van der Waals surface area contributed by atoms with Gasteiger partial charge < -0.3 is 4.74 Å². The molecule has 0 saturated carbocycles. The van der Waals surface area contributed by atoms with Gasteiger partial charge in [0.05, 0.1) is 12.1 Å². The molecule has 6 heteroatoms. The molecule has 0 radical (unpaired) electrons. The van der Waals surface area contributed by atoms with Crippen LogP contribution >= 0.6 is 0 Å². The number of hydrogen-bond acceptors (Lipinski definition) is 3. The van der Waals surface area contributed by atoms with Crippen molar-refractivity contribution in [1.29, 1.82) is 10.5 Å². The normalized spacial score (nSPS) is 12.8. The van der Waals surface area contributed by atoms with Crippen LogP contribution in [0.1, 0.15) is 25.3 Å². The van der Waals surface area contributed by atoms with Crippen molar-refractivity contribution in [2.75, 3.05) is 0 Å². The molecule has 0 heterocycles. The predicted octanol–water partition coefficient (Wildman–Crippen LogP) is 3.99. The van der Waals surface area contributed by atoms with Gasteiger partial charge >= 0.3 is 6.36 Å². The first kappa shape index (κ1) is 15.8. The van der Waals surface area contributed by atoms with Crippen molar-refractivity contribution in [3.8, 4) is 17.9 Å². The maximum absolute atomic E-state index is 12.1. The van der Waals surface area contributed by atoms with Crippen molar-refractivity contribution < 1.29 is 17.9 Å². The van der Waals surface area contributed by atoms with E-state index in [4.69, 9.17) is 10.5 Å². The highest BCUT2D eigenvalue weighted by atomic mass is 19.4. The fourth-order valence-electron chi connectivity index (χ4n) is 2.04. The highest BCUT2D eigenvalue weighted by molar-refractivity contribution is 5.32. The summed E-state index contributed by atoms with van der Waals surface area (Å²) in [7, 11) is 0. The summed E-state index contributed by atoms with van der Waals surface area (Å²) in [6, 6.07) is 9.10. The Hall–Kier alpha value is -2.21. The second-order valence-corrected chi connectivity index (χ2v) is 4.62. The zero-order chi connectivity index (χ0) is 15.3. The van der Waals surface area contributed by atoms with Gasteiger partial charge in [0.2, 0.25) is 0 Å². The Morgan fingerprint density at radius 2 is 1.55 bits per heavy atom. The van der Waals surface area contributed by atoms with Gasteiger partial charge in [-0.3, -0.25) is 0 Å². The van der Waals surface area contributed by atoms with Gasteiger partial charge in [0.1, 0.15) is 11.7 Å². The van der Waals surface area contributed by atoms with Crippen LogP contribution in [-0.4, -0.2) is 6.36 Å². The zero-order valence-corrected chi connectivity index (χ0v) is 11.0. The molecule has 0 spiro atoms. The molecule has 0 amide bonds. The predicted molar refractivity (Wildman–Crippen MR) is 65.4 cm³/mol.